The maximum atomic E-state index is 13.4. The molecule has 8 heteroatoms. The van der Waals surface area contributed by atoms with Gasteiger partial charge in [0, 0.05) is 23.4 Å². The van der Waals surface area contributed by atoms with Gasteiger partial charge in [0.15, 0.2) is 0 Å². The van der Waals surface area contributed by atoms with Gasteiger partial charge in [-0.15, -0.1) is 0 Å². The number of carbonyl (C=O) groups excluding carboxylic acids is 1. The van der Waals surface area contributed by atoms with E-state index in [1.54, 1.807) is 0 Å². The van der Waals surface area contributed by atoms with Crippen molar-refractivity contribution in [1.29, 1.82) is 0 Å². The van der Waals surface area contributed by atoms with Crippen LogP contribution in [0.2, 0.25) is 0 Å². The molecule has 0 fully saturated rings. The Bertz CT molecular complexity index is 619. The first-order valence-corrected chi connectivity index (χ1v) is 8.51. The number of ether oxygens (including phenoxy) is 1. The van der Waals surface area contributed by atoms with Crippen LogP contribution in [-0.2, 0) is 13.8 Å². The zero-order valence-electron chi connectivity index (χ0n) is 11.9. The zero-order valence-corrected chi connectivity index (χ0v) is 13.5. The Hall–Kier alpha value is -1.18. The average Bonchev–Trinajstić information content (AvgIpc) is 2.37. The largest absolute Gasteiger partial charge is 0.383 e. The molecular formula is C13H17ClFNO4S. The van der Waals surface area contributed by atoms with E-state index in [0.29, 0.717) is 6.61 Å². The summed E-state index contributed by atoms with van der Waals surface area (Å²) in [4.78, 5) is 11.4. The van der Waals surface area contributed by atoms with E-state index < -0.39 is 25.7 Å². The number of halogens is 2. The highest BCUT2D eigenvalue weighted by Gasteiger charge is 2.21. The SMILES string of the molecule is COCC(NC(=O)c1ccc(F)c(S(=O)(=O)Cl)c1)C(C)C. The van der Waals surface area contributed by atoms with Gasteiger partial charge in [-0.25, -0.2) is 12.8 Å². The molecule has 0 aliphatic rings. The van der Waals surface area contributed by atoms with Crippen molar-refractivity contribution >= 4 is 25.6 Å². The van der Waals surface area contributed by atoms with Crippen LogP contribution in [0.3, 0.4) is 0 Å². The van der Waals surface area contributed by atoms with Crippen molar-refractivity contribution < 1.29 is 22.3 Å². The van der Waals surface area contributed by atoms with Gasteiger partial charge in [0.25, 0.3) is 15.0 Å². The third kappa shape index (κ3) is 4.94. The van der Waals surface area contributed by atoms with Gasteiger partial charge in [0.1, 0.15) is 10.7 Å². The minimum absolute atomic E-state index is 0.0115. The molecule has 0 aliphatic heterocycles. The fourth-order valence-corrected chi connectivity index (χ4v) is 2.59. The molecule has 0 bridgehead atoms. The van der Waals surface area contributed by atoms with E-state index in [0.717, 1.165) is 12.1 Å². The van der Waals surface area contributed by atoms with Crippen LogP contribution in [0.5, 0.6) is 0 Å². The molecule has 0 aliphatic carbocycles. The minimum Gasteiger partial charge on any atom is -0.383 e. The molecule has 0 spiro atoms. The molecule has 1 aromatic carbocycles. The predicted octanol–water partition coefficient (Wildman–Crippen LogP) is 2.15. The van der Waals surface area contributed by atoms with E-state index in [1.807, 2.05) is 13.8 Å². The van der Waals surface area contributed by atoms with Gasteiger partial charge in [0.05, 0.1) is 12.6 Å². The van der Waals surface area contributed by atoms with Crippen LogP contribution in [-0.4, -0.2) is 34.1 Å². The summed E-state index contributed by atoms with van der Waals surface area (Å²) >= 11 is 0. The Morgan fingerprint density at radius 2 is 2.05 bits per heavy atom. The first kappa shape index (κ1) is 17.9. The summed E-state index contributed by atoms with van der Waals surface area (Å²) in [5.41, 5.74) is 0.0115. The van der Waals surface area contributed by atoms with Crippen molar-refractivity contribution in [3.05, 3.63) is 29.6 Å². The quantitative estimate of drug-likeness (QED) is 0.807. The molecular weight excluding hydrogens is 321 g/mol. The maximum Gasteiger partial charge on any atom is 0.264 e. The second-order valence-electron chi connectivity index (χ2n) is 4.86. The Kier molecular flexibility index (Phi) is 6.12. The van der Waals surface area contributed by atoms with Crippen LogP contribution in [0.4, 0.5) is 4.39 Å². The van der Waals surface area contributed by atoms with E-state index in [2.05, 4.69) is 5.32 Å². The molecule has 1 amide bonds. The predicted molar refractivity (Wildman–Crippen MR) is 77.4 cm³/mol. The summed E-state index contributed by atoms with van der Waals surface area (Å²) in [6.07, 6.45) is 0. The summed E-state index contributed by atoms with van der Waals surface area (Å²) in [7, 11) is 2.39. The van der Waals surface area contributed by atoms with Gasteiger partial charge in [-0.1, -0.05) is 13.8 Å². The second kappa shape index (κ2) is 7.20. The lowest BCUT2D eigenvalue weighted by Gasteiger charge is -2.21. The molecule has 118 valence electrons. The van der Waals surface area contributed by atoms with E-state index in [-0.39, 0.29) is 17.5 Å². The number of benzene rings is 1. The summed E-state index contributed by atoms with van der Waals surface area (Å²) in [6.45, 7) is 4.12. The minimum atomic E-state index is -4.25. The van der Waals surface area contributed by atoms with Crippen molar-refractivity contribution in [2.45, 2.75) is 24.8 Å². The van der Waals surface area contributed by atoms with Crippen molar-refractivity contribution in [3.63, 3.8) is 0 Å². The number of methoxy groups -OCH3 is 1. The highest BCUT2D eigenvalue weighted by molar-refractivity contribution is 8.13. The number of rotatable bonds is 6. The summed E-state index contributed by atoms with van der Waals surface area (Å²) in [6, 6.07) is 2.76. The van der Waals surface area contributed by atoms with Crippen LogP contribution in [0.15, 0.2) is 23.1 Å². The van der Waals surface area contributed by atoms with E-state index in [9.17, 15) is 17.6 Å². The Balaban J connectivity index is 3.03. The highest BCUT2D eigenvalue weighted by atomic mass is 35.7. The Labute approximate surface area is 127 Å². The van der Waals surface area contributed by atoms with E-state index in [1.165, 1.54) is 13.2 Å². The Morgan fingerprint density at radius 3 is 2.52 bits per heavy atom. The lowest BCUT2D eigenvalue weighted by molar-refractivity contribution is 0.0866. The third-order valence-corrected chi connectivity index (χ3v) is 4.26. The molecule has 0 radical (unpaired) electrons. The number of hydrogen-bond acceptors (Lipinski definition) is 4. The number of amides is 1. The molecule has 21 heavy (non-hydrogen) atoms. The molecule has 0 saturated heterocycles. The van der Waals surface area contributed by atoms with Gasteiger partial charge in [-0.3, -0.25) is 4.79 Å². The first-order valence-electron chi connectivity index (χ1n) is 6.20. The average molecular weight is 338 g/mol. The summed E-state index contributed by atoms with van der Waals surface area (Å²) in [5.74, 6) is -1.41. The van der Waals surface area contributed by atoms with Crippen LogP contribution < -0.4 is 5.32 Å². The van der Waals surface area contributed by atoms with Crippen LogP contribution in [0.25, 0.3) is 0 Å². The van der Waals surface area contributed by atoms with Crippen molar-refractivity contribution in [2.75, 3.05) is 13.7 Å². The molecule has 1 unspecified atom stereocenters. The number of nitrogens with one attached hydrogen (secondary N) is 1. The van der Waals surface area contributed by atoms with Gasteiger partial charge in [-0.05, 0) is 24.1 Å². The fraction of sp³-hybridized carbons (Fsp3) is 0.462. The van der Waals surface area contributed by atoms with Crippen LogP contribution in [0.1, 0.15) is 24.2 Å². The lowest BCUT2D eigenvalue weighted by atomic mass is 10.0. The van der Waals surface area contributed by atoms with Gasteiger partial charge >= 0.3 is 0 Å². The lowest BCUT2D eigenvalue weighted by Crippen LogP contribution is -2.41. The van der Waals surface area contributed by atoms with E-state index >= 15 is 0 Å². The number of carbonyl (C=O) groups is 1. The molecule has 1 atom stereocenters. The van der Waals surface area contributed by atoms with Crippen molar-refractivity contribution in [1.82, 2.24) is 5.32 Å². The standard InChI is InChI=1S/C13H17ClFNO4S/c1-8(2)11(7-20-3)16-13(17)9-4-5-10(15)12(6-9)21(14,18)19/h4-6,8,11H,7H2,1-3H3,(H,16,17). The molecule has 1 N–H and O–H groups in total. The Morgan fingerprint density at radius 1 is 1.43 bits per heavy atom. The highest BCUT2D eigenvalue weighted by Crippen LogP contribution is 2.20. The van der Waals surface area contributed by atoms with Gasteiger partial charge in [0.2, 0.25) is 0 Å². The topological polar surface area (TPSA) is 72.5 Å². The van der Waals surface area contributed by atoms with Crippen LogP contribution >= 0.6 is 10.7 Å². The van der Waals surface area contributed by atoms with E-state index in [4.69, 9.17) is 15.4 Å². The fourth-order valence-electron chi connectivity index (χ4n) is 1.66. The normalized spacial score (nSPS) is 13.2. The van der Waals surface area contributed by atoms with Gasteiger partial charge < -0.3 is 10.1 Å². The zero-order chi connectivity index (χ0) is 16.2. The smallest absolute Gasteiger partial charge is 0.264 e. The molecule has 1 rings (SSSR count). The van der Waals surface area contributed by atoms with Crippen molar-refractivity contribution in [3.8, 4) is 0 Å². The number of hydrogen-bond donors (Lipinski definition) is 1. The monoisotopic (exact) mass is 337 g/mol. The molecule has 5 nitrogen and oxygen atoms in total. The third-order valence-electron chi connectivity index (χ3n) is 2.92. The van der Waals surface area contributed by atoms with Crippen LogP contribution in [0, 0.1) is 11.7 Å². The second-order valence-corrected chi connectivity index (χ2v) is 7.40. The van der Waals surface area contributed by atoms with Crippen molar-refractivity contribution in [2.24, 2.45) is 5.92 Å². The molecule has 0 heterocycles. The summed E-state index contributed by atoms with van der Waals surface area (Å²) in [5, 5.41) is 2.71. The summed E-state index contributed by atoms with van der Waals surface area (Å²) < 4.78 is 40.9. The first-order chi connectivity index (χ1) is 9.66. The molecule has 0 aromatic heterocycles. The van der Waals surface area contributed by atoms with Gasteiger partial charge in [-0.2, -0.15) is 0 Å². The molecule has 0 saturated carbocycles. The maximum absolute atomic E-state index is 13.4. The molecule has 1 aromatic rings.